The van der Waals surface area contributed by atoms with Crippen molar-refractivity contribution in [1.82, 2.24) is 15.2 Å². The van der Waals surface area contributed by atoms with Crippen molar-refractivity contribution in [2.45, 2.75) is 44.2 Å². The van der Waals surface area contributed by atoms with Crippen LogP contribution in [0.1, 0.15) is 31.7 Å². The molecule has 2 heterocycles. The molecule has 1 aliphatic carbocycles. The maximum Gasteiger partial charge on any atom is 0.254 e. The van der Waals surface area contributed by atoms with Crippen LogP contribution in [0.3, 0.4) is 0 Å². The van der Waals surface area contributed by atoms with Crippen molar-refractivity contribution < 1.29 is 14.3 Å². The summed E-state index contributed by atoms with van der Waals surface area (Å²) in [6.45, 7) is 3.03. The first-order valence-corrected chi connectivity index (χ1v) is 10.3. The van der Waals surface area contributed by atoms with Gasteiger partial charge in [-0.3, -0.25) is 14.6 Å². The second-order valence-corrected chi connectivity index (χ2v) is 7.88. The van der Waals surface area contributed by atoms with Gasteiger partial charge in [-0.25, -0.2) is 0 Å². The fraction of sp³-hybridized carbons (Fsp3) is 0.435. The Balaban J connectivity index is 1.61. The largest absolute Gasteiger partial charge is 0.361 e. The van der Waals surface area contributed by atoms with Gasteiger partial charge in [0, 0.05) is 37.8 Å². The van der Waals surface area contributed by atoms with Gasteiger partial charge in [-0.1, -0.05) is 37.3 Å². The minimum atomic E-state index is -1.06. The lowest BCUT2D eigenvalue weighted by Gasteiger charge is -2.41. The third kappa shape index (κ3) is 4.48. The number of nitrogens with one attached hydrogen (secondary N) is 1. The monoisotopic (exact) mass is 393 g/mol. The number of carbonyl (C=O) groups is 2. The smallest absolute Gasteiger partial charge is 0.254 e. The van der Waals surface area contributed by atoms with Crippen molar-refractivity contribution in [3.05, 3.63) is 54.4 Å². The lowest BCUT2D eigenvalue weighted by Crippen LogP contribution is -2.62. The molecule has 1 aromatic heterocycles. The zero-order valence-electron chi connectivity index (χ0n) is 16.8. The highest BCUT2D eigenvalue weighted by Gasteiger charge is 2.46. The summed E-state index contributed by atoms with van der Waals surface area (Å²) in [5.41, 5.74) is 2.02. The molecule has 1 unspecified atom stereocenters. The molecule has 4 rings (SSSR count). The summed E-state index contributed by atoms with van der Waals surface area (Å²) in [4.78, 5) is 31.5. The number of ether oxygens (including phenoxy) is 1. The molecule has 0 radical (unpaired) electrons. The molecule has 2 aliphatic rings. The average molecular weight is 393 g/mol. The van der Waals surface area contributed by atoms with Gasteiger partial charge in [0.15, 0.2) is 5.60 Å². The summed E-state index contributed by atoms with van der Waals surface area (Å²) >= 11 is 0. The minimum absolute atomic E-state index is 0.0565. The molecular weight excluding hydrogens is 366 g/mol. The van der Waals surface area contributed by atoms with Crippen molar-refractivity contribution in [1.29, 1.82) is 0 Å². The Morgan fingerprint density at radius 2 is 2.07 bits per heavy atom. The fourth-order valence-corrected chi connectivity index (χ4v) is 3.81. The number of nitrogens with zero attached hydrogens (tertiary/aromatic N) is 2. The normalized spacial score (nSPS) is 21.6. The van der Waals surface area contributed by atoms with Gasteiger partial charge in [0.1, 0.15) is 0 Å². The minimum Gasteiger partial charge on any atom is -0.361 e. The predicted molar refractivity (Wildman–Crippen MR) is 110 cm³/mol. The number of rotatable bonds is 6. The molecule has 1 saturated carbocycles. The van der Waals surface area contributed by atoms with Gasteiger partial charge in [-0.2, -0.15) is 0 Å². The lowest BCUT2D eigenvalue weighted by atomic mass is 9.89. The van der Waals surface area contributed by atoms with E-state index in [1.807, 2.05) is 43.5 Å². The molecule has 6 nitrogen and oxygen atoms in total. The van der Waals surface area contributed by atoms with Crippen LogP contribution >= 0.6 is 0 Å². The van der Waals surface area contributed by atoms with E-state index in [0.29, 0.717) is 26.0 Å². The number of amides is 2. The molecule has 0 spiro atoms. The summed E-state index contributed by atoms with van der Waals surface area (Å²) in [6.07, 6.45) is 6.45. The van der Waals surface area contributed by atoms with E-state index in [1.165, 1.54) is 0 Å². The van der Waals surface area contributed by atoms with Gasteiger partial charge in [0.05, 0.1) is 13.2 Å². The molecule has 1 N–H and O–H groups in total. The highest BCUT2D eigenvalue weighted by atomic mass is 16.5. The summed E-state index contributed by atoms with van der Waals surface area (Å²) in [5.74, 6) is -0.0543. The third-order valence-electron chi connectivity index (χ3n) is 5.58. The second kappa shape index (κ2) is 8.33. The van der Waals surface area contributed by atoms with Crippen LogP contribution in [-0.2, 0) is 20.7 Å². The van der Waals surface area contributed by atoms with Crippen LogP contribution in [0, 0.1) is 0 Å². The molecule has 0 bridgehead atoms. The first-order valence-electron chi connectivity index (χ1n) is 10.3. The van der Waals surface area contributed by atoms with E-state index < -0.39 is 5.60 Å². The Morgan fingerprint density at radius 1 is 1.24 bits per heavy atom. The molecule has 29 heavy (non-hydrogen) atoms. The van der Waals surface area contributed by atoms with Crippen molar-refractivity contribution in [3.8, 4) is 11.1 Å². The Hall–Kier alpha value is -2.73. The van der Waals surface area contributed by atoms with Crippen molar-refractivity contribution >= 4 is 11.8 Å². The molecule has 2 amide bonds. The van der Waals surface area contributed by atoms with E-state index in [9.17, 15) is 9.59 Å². The zero-order chi connectivity index (χ0) is 20.3. The topological polar surface area (TPSA) is 71.5 Å². The quantitative estimate of drug-likeness (QED) is 0.819. The number of pyridine rings is 1. The third-order valence-corrected chi connectivity index (χ3v) is 5.58. The molecule has 1 aromatic carbocycles. The maximum absolute atomic E-state index is 13.2. The number of aromatic nitrogens is 1. The fourth-order valence-electron chi connectivity index (χ4n) is 3.81. The van der Waals surface area contributed by atoms with E-state index in [1.54, 1.807) is 11.1 Å². The van der Waals surface area contributed by atoms with E-state index >= 15 is 0 Å². The van der Waals surface area contributed by atoms with Gasteiger partial charge >= 0.3 is 0 Å². The van der Waals surface area contributed by atoms with Crippen LogP contribution in [0.5, 0.6) is 0 Å². The van der Waals surface area contributed by atoms with Gasteiger partial charge in [0.25, 0.3) is 5.91 Å². The van der Waals surface area contributed by atoms with Gasteiger partial charge in [0.2, 0.25) is 5.91 Å². The highest BCUT2D eigenvalue weighted by molar-refractivity contribution is 5.88. The van der Waals surface area contributed by atoms with Gasteiger partial charge in [-0.15, -0.1) is 0 Å². The first-order chi connectivity index (χ1) is 14.1. The summed E-state index contributed by atoms with van der Waals surface area (Å²) in [7, 11) is 0. The molecule has 1 saturated heterocycles. The molecule has 1 aliphatic heterocycles. The average Bonchev–Trinajstić information content (AvgIpc) is 3.58. The van der Waals surface area contributed by atoms with Crippen LogP contribution in [0.25, 0.3) is 11.1 Å². The summed E-state index contributed by atoms with van der Waals surface area (Å²) < 4.78 is 6.11. The Labute approximate surface area is 171 Å². The van der Waals surface area contributed by atoms with Crippen molar-refractivity contribution in [2.75, 3.05) is 19.7 Å². The number of hydrogen-bond acceptors (Lipinski definition) is 4. The van der Waals surface area contributed by atoms with Gasteiger partial charge < -0.3 is 15.0 Å². The summed E-state index contributed by atoms with van der Waals surface area (Å²) in [5, 5.41) is 3.10. The Morgan fingerprint density at radius 3 is 2.79 bits per heavy atom. The lowest BCUT2D eigenvalue weighted by molar-refractivity contribution is -0.166. The van der Waals surface area contributed by atoms with Gasteiger partial charge in [-0.05, 0) is 35.6 Å². The number of benzene rings is 1. The van der Waals surface area contributed by atoms with Crippen LogP contribution in [0.4, 0.5) is 0 Å². The molecule has 2 aromatic rings. The Bertz CT molecular complexity index is 882. The maximum atomic E-state index is 13.2. The van der Waals surface area contributed by atoms with Crippen LogP contribution in [0.15, 0.2) is 48.8 Å². The number of hydrogen-bond donors (Lipinski definition) is 1. The van der Waals surface area contributed by atoms with E-state index in [4.69, 9.17) is 4.74 Å². The Kier molecular flexibility index (Phi) is 5.62. The predicted octanol–water partition coefficient (Wildman–Crippen LogP) is 2.58. The van der Waals surface area contributed by atoms with Crippen LogP contribution in [-0.4, -0.2) is 53.0 Å². The molecular formula is C23H27N3O3. The molecule has 6 heteroatoms. The SMILES string of the molecule is CCC(=O)N1CCOC(Cc2cccc(-c3cccnc3)c2)(C(=O)NC2CC2)C1. The molecule has 1 atom stereocenters. The van der Waals surface area contributed by atoms with Crippen molar-refractivity contribution in [2.24, 2.45) is 0 Å². The van der Waals surface area contributed by atoms with E-state index in [2.05, 4.69) is 16.4 Å². The van der Waals surface area contributed by atoms with E-state index in [0.717, 1.165) is 29.5 Å². The number of carbonyl (C=O) groups excluding carboxylic acids is 2. The second-order valence-electron chi connectivity index (χ2n) is 7.88. The standard InChI is InChI=1S/C23H27N3O3/c1-2-21(27)26-11-12-29-23(16-26,22(28)25-20-8-9-20)14-17-5-3-6-18(13-17)19-7-4-10-24-15-19/h3-7,10,13,15,20H,2,8-9,11-12,14,16H2,1H3,(H,25,28). The molecule has 152 valence electrons. The highest BCUT2D eigenvalue weighted by Crippen LogP contribution is 2.29. The number of morpholine rings is 1. The van der Waals surface area contributed by atoms with Crippen molar-refractivity contribution in [3.63, 3.8) is 0 Å². The van der Waals surface area contributed by atoms with E-state index in [-0.39, 0.29) is 24.4 Å². The molecule has 2 fully saturated rings. The van der Waals surface area contributed by atoms with Crippen LogP contribution in [0.2, 0.25) is 0 Å². The first kappa shape index (κ1) is 19.6. The zero-order valence-corrected chi connectivity index (χ0v) is 16.8. The summed E-state index contributed by atoms with van der Waals surface area (Å²) in [6, 6.07) is 12.3. The van der Waals surface area contributed by atoms with Crippen LogP contribution < -0.4 is 5.32 Å².